The van der Waals surface area contributed by atoms with Crippen molar-refractivity contribution in [1.82, 2.24) is 5.16 Å². The van der Waals surface area contributed by atoms with Crippen LogP contribution in [-0.4, -0.2) is 11.4 Å². The van der Waals surface area contributed by atoms with Crippen molar-refractivity contribution in [3.05, 3.63) is 39.5 Å². The predicted molar refractivity (Wildman–Crippen MR) is 60.0 cm³/mol. The Bertz CT molecular complexity index is 493. The first-order valence-corrected chi connectivity index (χ1v) is 5.25. The Morgan fingerprint density at radius 2 is 2.00 bits per heavy atom. The monoisotopic (exact) mass is 285 g/mol. The van der Waals surface area contributed by atoms with Crippen LogP contribution in [0.5, 0.6) is 0 Å². The van der Waals surface area contributed by atoms with Gasteiger partial charge < -0.3 is 4.52 Å². The average Bonchev–Trinajstić information content (AvgIpc) is 2.61. The van der Waals surface area contributed by atoms with Gasteiger partial charge in [0.2, 0.25) is 4.67 Å². The molecule has 0 aliphatic carbocycles. The van der Waals surface area contributed by atoms with Crippen LogP contribution in [0, 0.1) is 0 Å². The Kier molecular flexibility index (Phi) is 2.88. The van der Waals surface area contributed by atoms with Gasteiger partial charge in [-0.05, 0) is 28.1 Å². The van der Waals surface area contributed by atoms with Crippen molar-refractivity contribution < 1.29 is 9.32 Å². The van der Waals surface area contributed by atoms with Crippen molar-refractivity contribution >= 4 is 33.8 Å². The Morgan fingerprint density at radius 1 is 1.33 bits per heavy atom. The van der Waals surface area contributed by atoms with Crippen LogP contribution in [-0.2, 0) is 0 Å². The molecule has 15 heavy (non-hydrogen) atoms. The minimum absolute atomic E-state index is 0.336. The van der Waals surface area contributed by atoms with Gasteiger partial charge in [0.05, 0.1) is 5.56 Å². The third-order valence-corrected chi connectivity index (χ3v) is 2.74. The number of carbonyl (C=O) groups is 1. The first-order valence-electron chi connectivity index (χ1n) is 4.08. The molecule has 0 bridgehead atoms. The minimum Gasteiger partial charge on any atom is -0.348 e. The van der Waals surface area contributed by atoms with Crippen molar-refractivity contribution in [1.29, 1.82) is 0 Å². The maximum absolute atomic E-state index is 10.8. The molecule has 0 saturated heterocycles. The molecular formula is C10H5BrClNO2. The van der Waals surface area contributed by atoms with Gasteiger partial charge in [0.25, 0.3) is 0 Å². The Morgan fingerprint density at radius 3 is 2.60 bits per heavy atom. The maximum Gasteiger partial charge on any atom is 0.213 e. The number of benzene rings is 1. The van der Waals surface area contributed by atoms with E-state index in [4.69, 9.17) is 16.1 Å². The van der Waals surface area contributed by atoms with Crippen LogP contribution in [0.3, 0.4) is 0 Å². The number of aromatic nitrogens is 1. The number of halogens is 2. The van der Waals surface area contributed by atoms with E-state index >= 15 is 0 Å². The summed E-state index contributed by atoms with van der Waals surface area (Å²) >= 11 is 8.86. The molecular weight excluding hydrogens is 281 g/mol. The zero-order valence-corrected chi connectivity index (χ0v) is 9.75. The van der Waals surface area contributed by atoms with Gasteiger partial charge in [-0.1, -0.05) is 28.9 Å². The van der Waals surface area contributed by atoms with Gasteiger partial charge >= 0.3 is 0 Å². The molecule has 0 amide bonds. The normalized spacial score (nSPS) is 10.3. The molecule has 0 unspecified atom stereocenters. The highest BCUT2D eigenvalue weighted by Gasteiger charge is 2.14. The smallest absolute Gasteiger partial charge is 0.213 e. The molecule has 0 spiro atoms. The topological polar surface area (TPSA) is 43.1 Å². The quantitative estimate of drug-likeness (QED) is 0.793. The molecule has 1 heterocycles. The third kappa shape index (κ3) is 1.96. The molecule has 3 nitrogen and oxygen atoms in total. The molecule has 5 heteroatoms. The lowest BCUT2D eigenvalue weighted by Gasteiger charge is -1.96. The number of hydrogen-bond acceptors (Lipinski definition) is 3. The molecule has 76 valence electrons. The van der Waals surface area contributed by atoms with Gasteiger partial charge in [0, 0.05) is 10.6 Å². The highest BCUT2D eigenvalue weighted by molar-refractivity contribution is 9.10. The first kappa shape index (κ1) is 10.4. The van der Waals surface area contributed by atoms with Crippen molar-refractivity contribution in [2.75, 3.05) is 0 Å². The third-order valence-electron chi connectivity index (χ3n) is 1.92. The molecule has 0 radical (unpaired) electrons. The van der Waals surface area contributed by atoms with E-state index in [0.29, 0.717) is 27.2 Å². The second-order valence-electron chi connectivity index (χ2n) is 2.84. The lowest BCUT2D eigenvalue weighted by molar-refractivity contribution is 0.112. The van der Waals surface area contributed by atoms with Crippen LogP contribution in [0.2, 0.25) is 5.02 Å². The lowest BCUT2D eigenvalue weighted by atomic mass is 10.1. The summed E-state index contributed by atoms with van der Waals surface area (Å²) in [6, 6.07) is 7.02. The van der Waals surface area contributed by atoms with Crippen LogP contribution < -0.4 is 0 Å². The van der Waals surface area contributed by atoms with Gasteiger partial charge in [-0.25, -0.2) is 0 Å². The summed E-state index contributed by atoms with van der Waals surface area (Å²) in [7, 11) is 0. The van der Waals surface area contributed by atoms with Crippen LogP contribution in [0.25, 0.3) is 11.3 Å². The molecule has 0 atom stereocenters. The van der Waals surface area contributed by atoms with Crippen molar-refractivity contribution in [2.24, 2.45) is 0 Å². The van der Waals surface area contributed by atoms with Crippen LogP contribution >= 0.6 is 27.5 Å². The Labute approximate surface area is 99.2 Å². The lowest BCUT2D eigenvalue weighted by Crippen LogP contribution is -1.84. The van der Waals surface area contributed by atoms with Crippen LogP contribution in [0.1, 0.15) is 10.4 Å². The number of hydrogen-bond donors (Lipinski definition) is 0. The molecule has 0 aliphatic rings. The molecule has 0 fully saturated rings. The highest BCUT2D eigenvalue weighted by atomic mass is 79.9. The Hall–Kier alpha value is -1.13. The van der Waals surface area contributed by atoms with E-state index < -0.39 is 0 Å². The summed E-state index contributed by atoms with van der Waals surface area (Å²) in [6.45, 7) is 0. The van der Waals surface area contributed by atoms with Crippen molar-refractivity contribution in [3.8, 4) is 11.3 Å². The van der Waals surface area contributed by atoms with E-state index in [1.807, 2.05) is 0 Å². The summed E-state index contributed by atoms with van der Waals surface area (Å²) < 4.78 is 5.21. The fourth-order valence-corrected chi connectivity index (χ4v) is 1.67. The van der Waals surface area contributed by atoms with Crippen LogP contribution in [0.4, 0.5) is 0 Å². The summed E-state index contributed by atoms with van der Waals surface area (Å²) in [5.74, 6) is 0. The molecule has 0 saturated carbocycles. The fraction of sp³-hybridized carbons (Fsp3) is 0. The summed E-state index contributed by atoms with van der Waals surface area (Å²) in [6.07, 6.45) is 0.699. The van der Waals surface area contributed by atoms with E-state index in [2.05, 4.69) is 21.1 Å². The van der Waals surface area contributed by atoms with Gasteiger partial charge in [0.1, 0.15) is 5.69 Å². The van der Waals surface area contributed by atoms with Gasteiger partial charge in [-0.15, -0.1) is 0 Å². The standard InChI is InChI=1S/C10H5BrClNO2/c11-10-8(5-14)9(13-15-10)6-1-3-7(12)4-2-6/h1-5H. The number of aldehydes is 1. The summed E-state index contributed by atoms with van der Waals surface area (Å²) in [5.41, 5.74) is 1.70. The van der Waals surface area contributed by atoms with E-state index in [1.54, 1.807) is 24.3 Å². The molecule has 1 aromatic carbocycles. The van der Waals surface area contributed by atoms with Gasteiger partial charge in [0.15, 0.2) is 6.29 Å². The zero-order chi connectivity index (χ0) is 10.8. The molecule has 0 N–H and O–H groups in total. The van der Waals surface area contributed by atoms with Gasteiger partial charge in [-0.2, -0.15) is 0 Å². The second kappa shape index (κ2) is 4.16. The minimum atomic E-state index is 0.336. The van der Waals surface area contributed by atoms with E-state index in [-0.39, 0.29) is 0 Å². The van der Waals surface area contributed by atoms with E-state index in [9.17, 15) is 4.79 Å². The molecule has 2 aromatic rings. The summed E-state index contributed by atoms with van der Waals surface area (Å²) in [5, 5.41) is 4.42. The van der Waals surface area contributed by atoms with E-state index in [1.165, 1.54) is 0 Å². The molecule has 2 rings (SSSR count). The maximum atomic E-state index is 10.8. The van der Waals surface area contributed by atoms with Crippen molar-refractivity contribution in [3.63, 3.8) is 0 Å². The SMILES string of the molecule is O=Cc1c(-c2ccc(Cl)cc2)noc1Br. The summed E-state index contributed by atoms with van der Waals surface area (Å²) in [4.78, 5) is 10.8. The molecule has 1 aromatic heterocycles. The number of nitrogens with zero attached hydrogens (tertiary/aromatic N) is 1. The van der Waals surface area contributed by atoms with Crippen molar-refractivity contribution in [2.45, 2.75) is 0 Å². The van der Waals surface area contributed by atoms with E-state index in [0.717, 1.165) is 5.56 Å². The molecule has 0 aliphatic heterocycles. The average molecular weight is 287 g/mol. The Balaban J connectivity index is 2.53. The van der Waals surface area contributed by atoms with Crippen LogP contribution in [0.15, 0.2) is 33.5 Å². The zero-order valence-electron chi connectivity index (χ0n) is 7.41. The number of carbonyl (C=O) groups excluding carboxylic acids is 1. The highest BCUT2D eigenvalue weighted by Crippen LogP contribution is 2.28. The number of rotatable bonds is 2. The second-order valence-corrected chi connectivity index (χ2v) is 4.00. The fourth-order valence-electron chi connectivity index (χ4n) is 1.20. The van der Waals surface area contributed by atoms with Gasteiger partial charge in [-0.3, -0.25) is 4.79 Å². The predicted octanol–water partition coefficient (Wildman–Crippen LogP) is 3.57. The largest absolute Gasteiger partial charge is 0.348 e. The first-order chi connectivity index (χ1) is 7.22.